The quantitative estimate of drug-likeness (QED) is 0.933. The minimum Gasteiger partial charge on any atom is -0.487 e. The minimum absolute atomic E-state index is 0.0718. The van der Waals surface area contributed by atoms with E-state index in [4.69, 9.17) is 4.74 Å². The van der Waals surface area contributed by atoms with Crippen LogP contribution in [0.15, 0.2) is 18.2 Å². The highest BCUT2D eigenvalue weighted by Gasteiger charge is 2.30. The fourth-order valence-electron chi connectivity index (χ4n) is 3.54. The number of rotatable bonds is 3. The Kier molecular flexibility index (Phi) is 4.13. The molecule has 1 fully saturated rings. The van der Waals surface area contributed by atoms with Gasteiger partial charge in [0, 0.05) is 39.0 Å². The number of benzene rings is 1. The molecule has 0 saturated carbocycles. The van der Waals surface area contributed by atoms with Gasteiger partial charge in [0.25, 0.3) is 0 Å². The van der Waals surface area contributed by atoms with Crippen molar-refractivity contribution in [2.45, 2.75) is 58.2 Å². The van der Waals surface area contributed by atoms with E-state index in [0.29, 0.717) is 6.04 Å². The number of nitrogens with one attached hydrogen (secondary N) is 1. The Morgan fingerprint density at radius 1 is 1.36 bits per heavy atom. The zero-order valence-electron chi connectivity index (χ0n) is 13.8. The highest BCUT2D eigenvalue weighted by molar-refractivity contribution is 5.73. The van der Waals surface area contributed by atoms with Gasteiger partial charge < -0.3 is 10.1 Å². The molecule has 0 spiro atoms. The zero-order chi connectivity index (χ0) is 15.7. The maximum atomic E-state index is 11.1. The third-order valence-electron chi connectivity index (χ3n) is 4.53. The van der Waals surface area contributed by atoms with Gasteiger partial charge in [-0.2, -0.15) is 0 Å². The van der Waals surface area contributed by atoms with Crippen molar-refractivity contribution in [3.05, 3.63) is 29.3 Å². The Morgan fingerprint density at radius 2 is 2.09 bits per heavy atom. The lowest BCUT2D eigenvalue weighted by molar-refractivity contribution is -0.119. The SMILES string of the molecule is CC(=O)NC1CCN(Cc2ccc3c(c2)CC(C)(C)O3)CC1. The van der Waals surface area contributed by atoms with E-state index in [-0.39, 0.29) is 11.5 Å². The molecule has 0 aliphatic carbocycles. The molecule has 1 saturated heterocycles. The molecule has 2 aliphatic rings. The van der Waals surface area contributed by atoms with Crippen molar-refractivity contribution in [3.63, 3.8) is 0 Å². The van der Waals surface area contributed by atoms with Crippen LogP contribution in [0.25, 0.3) is 0 Å². The molecular weight excluding hydrogens is 276 g/mol. The summed E-state index contributed by atoms with van der Waals surface area (Å²) in [5, 5.41) is 3.03. The topological polar surface area (TPSA) is 41.6 Å². The number of hydrogen-bond donors (Lipinski definition) is 1. The van der Waals surface area contributed by atoms with Gasteiger partial charge in [0.15, 0.2) is 0 Å². The predicted octanol–water partition coefficient (Wildman–Crippen LogP) is 2.50. The fourth-order valence-corrected chi connectivity index (χ4v) is 3.54. The summed E-state index contributed by atoms with van der Waals surface area (Å²) >= 11 is 0. The van der Waals surface area contributed by atoms with E-state index in [1.807, 2.05) is 0 Å². The lowest BCUT2D eigenvalue weighted by Crippen LogP contribution is -2.43. The second-order valence-electron chi connectivity index (χ2n) is 7.23. The molecule has 4 heteroatoms. The summed E-state index contributed by atoms with van der Waals surface area (Å²) in [5.41, 5.74) is 2.62. The molecule has 0 aromatic heterocycles. The van der Waals surface area contributed by atoms with Crippen LogP contribution >= 0.6 is 0 Å². The predicted molar refractivity (Wildman–Crippen MR) is 87.0 cm³/mol. The van der Waals surface area contributed by atoms with E-state index in [1.54, 1.807) is 6.92 Å². The van der Waals surface area contributed by atoms with Gasteiger partial charge in [0.05, 0.1) is 0 Å². The van der Waals surface area contributed by atoms with Crippen molar-refractivity contribution in [2.24, 2.45) is 0 Å². The lowest BCUT2D eigenvalue weighted by atomic mass is 9.99. The molecule has 3 rings (SSSR count). The zero-order valence-corrected chi connectivity index (χ0v) is 13.8. The Labute approximate surface area is 132 Å². The molecule has 1 N–H and O–H groups in total. The van der Waals surface area contributed by atoms with Crippen LogP contribution in [0, 0.1) is 0 Å². The van der Waals surface area contributed by atoms with E-state index in [1.165, 1.54) is 11.1 Å². The molecule has 0 bridgehead atoms. The molecular formula is C18H26N2O2. The summed E-state index contributed by atoms with van der Waals surface area (Å²) in [6.45, 7) is 8.95. The first-order valence-corrected chi connectivity index (χ1v) is 8.21. The number of amides is 1. The van der Waals surface area contributed by atoms with Crippen LogP contribution in [-0.4, -0.2) is 35.5 Å². The van der Waals surface area contributed by atoms with Crippen molar-refractivity contribution in [3.8, 4) is 5.75 Å². The molecule has 2 aliphatic heterocycles. The summed E-state index contributed by atoms with van der Waals surface area (Å²) in [6, 6.07) is 6.94. The van der Waals surface area contributed by atoms with Crippen LogP contribution in [0.4, 0.5) is 0 Å². The number of piperidine rings is 1. The maximum absolute atomic E-state index is 11.1. The number of nitrogens with zero attached hydrogens (tertiary/aromatic N) is 1. The molecule has 0 radical (unpaired) electrons. The number of carbonyl (C=O) groups excluding carboxylic acids is 1. The average Bonchev–Trinajstić information content (AvgIpc) is 2.73. The molecule has 4 nitrogen and oxygen atoms in total. The Morgan fingerprint density at radius 3 is 2.77 bits per heavy atom. The van der Waals surface area contributed by atoms with E-state index in [0.717, 1.165) is 44.6 Å². The molecule has 1 amide bonds. The van der Waals surface area contributed by atoms with Gasteiger partial charge in [-0.25, -0.2) is 0 Å². The lowest BCUT2D eigenvalue weighted by Gasteiger charge is -2.32. The van der Waals surface area contributed by atoms with Crippen LogP contribution in [0.5, 0.6) is 5.75 Å². The maximum Gasteiger partial charge on any atom is 0.217 e. The van der Waals surface area contributed by atoms with Gasteiger partial charge in [0.1, 0.15) is 11.4 Å². The second kappa shape index (κ2) is 5.92. The van der Waals surface area contributed by atoms with Gasteiger partial charge in [-0.15, -0.1) is 0 Å². The largest absolute Gasteiger partial charge is 0.487 e. The number of hydrogen-bond acceptors (Lipinski definition) is 3. The molecule has 0 unspecified atom stereocenters. The molecule has 1 aromatic carbocycles. The van der Waals surface area contributed by atoms with Crippen molar-refractivity contribution in [1.29, 1.82) is 0 Å². The molecule has 2 heterocycles. The summed E-state index contributed by atoms with van der Waals surface area (Å²) in [7, 11) is 0. The second-order valence-corrected chi connectivity index (χ2v) is 7.23. The first kappa shape index (κ1) is 15.3. The third kappa shape index (κ3) is 3.61. The average molecular weight is 302 g/mol. The van der Waals surface area contributed by atoms with Gasteiger partial charge >= 0.3 is 0 Å². The number of fused-ring (bicyclic) bond motifs is 1. The first-order chi connectivity index (χ1) is 10.4. The standard InChI is InChI=1S/C18H26N2O2/c1-13(21)19-16-6-8-20(9-7-16)12-14-4-5-17-15(10-14)11-18(2,3)22-17/h4-5,10,16H,6-9,11-12H2,1-3H3,(H,19,21). The number of ether oxygens (including phenoxy) is 1. The van der Waals surface area contributed by atoms with E-state index < -0.39 is 0 Å². The molecule has 120 valence electrons. The Hall–Kier alpha value is -1.55. The minimum atomic E-state index is -0.0718. The van der Waals surface area contributed by atoms with E-state index in [2.05, 4.69) is 42.3 Å². The third-order valence-corrected chi connectivity index (χ3v) is 4.53. The highest BCUT2D eigenvalue weighted by Crippen LogP contribution is 2.35. The van der Waals surface area contributed by atoms with Crippen molar-refractivity contribution < 1.29 is 9.53 Å². The summed E-state index contributed by atoms with van der Waals surface area (Å²) < 4.78 is 5.94. The van der Waals surface area contributed by atoms with E-state index >= 15 is 0 Å². The van der Waals surface area contributed by atoms with E-state index in [9.17, 15) is 4.79 Å². The van der Waals surface area contributed by atoms with Gasteiger partial charge in [-0.3, -0.25) is 9.69 Å². The van der Waals surface area contributed by atoms with Crippen LogP contribution in [-0.2, 0) is 17.8 Å². The van der Waals surface area contributed by atoms with Crippen LogP contribution < -0.4 is 10.1 Å². The van der Waals surface area contributed by atoms with Crippen LogP contribution in [0.2, 0.25) is 0 Å². The Bertz CT molecular complexity index is 560. The van der Waals surface area contributed by atoms with Crippen molar-refractivity contribution >= 4 is 5.91 Å². The van der Waals surface area contributed by atoms with Gasteiger partial charge in [0.2, 0.25) is 5.91 Å². The van der Waals surface area contributed by atoms with Gasteiger partial charge in [-0.05, 0) is 43.9 Å². The number of likely N-dealkylation sites (tertiary alicyclic amines) is 1. The highest BCUT2D eigenvalue weighted by atomic mass is 16.5. The van der Waals surface area contributed by atoms with Crippen LogP contribution in [0.3, 0.4) is 0 Å². The summed E-state index contributed by atoms with van der Waals surface area (Å²) in [5.74, 6) is 1.12. The van der Waals surface area contributed by atoms with Gasteiger partial charge in [-0.1, -0.05) is 12.1 Å². The first-order valence-electron chi connectivity index (χ1n) is 8.21. The number of carbonyl (C=O) groups is 1. The van der Waals surface area contributed by atoms with Crippen LogP contribution in [0.1, 0.15) is 44.7 Å². The van der Waals surface area contributed by atoms with Crippen molar-refractivity contribution in [2.75, 3.05) is 13.1 Å². The Balaban J connectivity index is 1.56. The fraction of sp³-hybridized carbons (Fsp3) is 0.611. The summed E-state index contributed by atoms with van der Waals surface area (Å²) in [4.78, 5) is 13.6. The summed E-state index contributed by atoms with van der Waals surface area (Å²) in [6.07, 6.45) is 3.07. The molecule has 22 heavy (non-hydrogen) atoms. The molecule has 1 aromatic rings. The smallest absolute Gasteiger partial charge is 0.217 e. The normalized spacial score (nSPS) is 21.2. The monoisotopic (exact) mass is 302 g/mol. The van der Waals surface area contributed by atoms with Crippen molar-refractivity contribution in [1.82, 2.24) is 10.2 Å². The molecule has 0 atom stereocenters.